The van der Waals surface area contributed by atoms with Gasteiger partial charge in [-0.1, -0.05) is 18.2 Å². The summed E-state index contributed by atoms with van der Waals surface area (Å²) >= 11 is 0. The first-order valence-corrected chi connectivity index (χ1v) is 8.16. The van der Waals surface area contributed by atoms with Crippen molar-refractivity contribution in [1.82, 2.24) is 15.1 Å². The van der Waals surface area contributed by atoms with Gasteiger partial charge in [-0.2, -0.15) is 0 Å². The van der Waals surface area contributed by atoms with Gasteiger partial charge in [0.25, 0.3) is 0 Å². The largest absolute Gasteiger partial charge is 0.493 e. The molecule has 2 aliphatic heterocycles. The number of rotatable bonds is 5. The molecule has 1 aromatic carbocycles. The van der Waals surface area contributed by atoms with Crippen LogP contribution in [-0.4, -0.2) is 69.3 Å². The molecule has 0 bridgehead atoms. The smallest absolute Gasteiger partial charge is 0.122 e. The fourth-order valence-electron chi connectivity index (χ4n) is 3.32. The first-order valence-electron chi connectivity index (χ1n) is 8.16. The van der Waals surface area contributed by atoms with Gasteiger partial charge in [0.1, 0.15) is 5.75 Å². The normalized spacial score (nSPS) is 22.9. The molecule has 0 spiro atoms. The zero-order valence-corrected chi connectivity index (χ0v) is 13.1. The van der Waals surface area contributed by atoms with Gasteiger partial charge in [0.15, 0.2) is 0 Å². The highest BCUT2D eigenvalue weighted by molar-refractivity contribution is 5.37. The third kappa shape index (κ3) is 3.96. The molecule has 4 nitrogen and oxygen atoms in total. The minimum absolute atomic E-state index is 0.614. The Bertz CT molecular complexity index is 445. The number of para-hydroxylation sites is 1. The molecule has 1 saturated heterocycles. The van der Waals surface area contributed by atoms with E-state index < -0.39 is 0 Å². The van der Waals surface area contributed by atoms with Crippen LogP contribution in [0.5, 0.6) is 5.75 Å². The van der Waals surface area contributed by atoms with Crippen molar-refractivity contribution >= 4 is 0 Å². The van der Waals surface area contributed by atoms with E-state index in [2.05, 4.69) is 46.4 Å². The second-order valence-corrected chi connectivity index (χ2v) is 6.23. The van der Waals surface area contributed by atoms with Gasteiger partial charge < -0.3 is 15.0 Å². The Kier molecular flexibility index (Phi) is 5.12. The second kappa shape index (κ2) is 7.25. The molecule has 21 heavy (non-hydrogen) atoms. The van der Waals surface area contributed by atoms with Gasteiger partial charge in [-0.3, -0.25) is 4.90 Å². The highest BCUT2D eigenvalue weighted by Gasteiger charge is 2.22. The number of benzene rings is 1. The molecule has 1 aromatic rings. The van der Waals surface area contributed by atoms with E-state index in [0.29, 0.717) is 5.92 Å². The van der Waals surface area contributed by atoms with Crippen molar-refractivity contribution in [3.05, 3.63) is 29.8 Å². The van der Waals surface area contributed by atoms with Crippen molar-refractivity contribution in [3.63, 3.8) is 0 Å². The SMILES string of the molecule is CN(CCN1CCNCC1)CC1CCOc2ccccc21. The molecule has 2 aliphatic rings. The molecule has 2 heterocycles. The molecular formula is C17H27N3O. The molecule has 4 heteroatoms. The fourth-order valence-corrected chi connectivity index (χ4v) is 3.32. The van der Waals surface area contributed by atoms with E-state index in [1.54, 1.807) is 0 Å². The van der Waals surface area contributed by atoms with Gasteiger partial charge in [-0.15, -0.1) is 0 Å². The van der Waals surface area contributed by atoms with Crippen LogP contribution in [-0.2, 0) is 0 Å². The van der Waals surface area contributed by atoms with Crippen LogP contribution < -0.4 is 10.1 Å². The van der Waals surface area contributed by atoms with Gasteiger partial charge in [0.2, 0.25) is 0 Å². The fraction of sp³-hybridized carbons (Fsp3) is 0.647. The maximum absolute atomic E-state index is 5.76. The number of hydrogen-bond acceptors (Lipinski definition) is 4. The third-order valence-corrected chi connectivity index (χ3v) is 4.62. The topological polar surface area (TPSA) is 27.7 Å². The van der Waals surface area contributed by atoms with Crippen LogP contribution in [0, 0.1) is 0 Å². The number of hydrogen-bond donors (Lipinski definition) is 1. The van der Waals surface area contributed by atoms with E-state index in [-0.39, 0.29) is 0 Å². The van der Waals surface area contributed by atoms with Crippen molar-refractivity contribution in [2.24, 2.45) is 0 Å². The number of nitrogens with zero attached hydrogens (tertiary/aromatic N) is 2. The summed E-state index contributed by atoms with van der Waals surface area (Å²) in [5.41, 5.74) is 1.39. The maximum atomic E-state index is 5.76. The number of likely N-dealkylation sites (N-methyl/N-ethyl adjacent to an activating group) is 1. The van der Waals surface area contributed by atoms with Crippen molar-refractivity contribution in [3.8, 4) is 5.75 Å². The van der Waals surface area contributed by atoms with Crippen LogP contribution in [0.3, 0.4) is 0 Å². The van der Waals surface area contributed by atoms with Crippen molar-refractivity contribution < 1.29 is 4.74 Å². The Balaban J connectivity index is 1.49. The van der Waals surface area contributed by atoms with E-state index in [1.165, 1.54) is 25.2 Å². The van der Waals surface area contributed by atoms with Crippen molar-refractivity contribution in [2.75, 3.05) is 59.5 Å². The van der Waals surface area contributed by atoms with Crippen LogP contribution in [0.2, 0.25) is 0 Å². The Morgan fingerprint density at radius 1 is 1.29 bits per heavy atom. The second-order valence-electron chi connectivity index (χ2n) is 6.23. The average Bonchev–Trinajstić information content (AvgIpc) is 2.54. The third-order valence-electron chi connectivity index (χ3n) is 4.62. The van der Waals surface area contributed by atoms with E-state index in [9.17, 15) is 0 Å². The van der Waals surface area contributed by atoms with Crippen LogP contribution in [0.25, 0.3) is 0 Å². The molecule has 0 aliphatic carbocycles. The summed E-state index contributed by atoms with van der Waals surface area (Å²) in [6.07, 6.45) is 1.13. The number of nitrogens with one attached hydrogen (secondary N) is 1. The van der Waals surface area contributed by atoms with E-state index in [0.717, 1.165) is 45.0 Å². The van der Waals surface area contributed by atoms with Gasteiger partial charge >= 0.3 is 0 Å². The zero-order valence-electron chi connectivity index (χ0n) is 13.1. The molecular weight excluding hydrogens is 262 g/mol. The van der Waals surface area contributed by atoms with Crippen LogP contribution in [0.4, 0.5) is 0 Å². The molecule has 1 unspecified atom stereocenters. The summed E-state index contributed by atoms with van der Waals surface area (Å²) in [5.74, 6) is 1.70. The molecule has 0 aromatic heterocycles. The standard InChI is InChI=1S/C17H27N3O/c1-19(11-12-20-9-7-18-8-10-20)14-15-6-13-21-17-5-3-2-4-16(15)17/h2-5,15,18H,6-14H2,1H3. The summed E-state index contributed by atoms with van der Waals surface area (Å²) in [6.45, 7) is 8.97. The highest BCUT2D eigenvalue weighted by Crippen LogP contribution is 2.33. The molecule has 3 rings (SSSR count). The molecule has 1 N–H and O–H groups in total. The number of ether oxygens (including phenoxy) is 1. The molecule has 116 valence electrons. The molecule has 1 atom stereocenters. The predicted octanol–water partition coefficient (Wildman–Crippen LogP) is 1.39. The first kappa shape index (κ1) is 14.8. The highest BCUT2D eigenvalue weighted by atomic mass is 16.5. The van der Waals surface area contributed by atoms with E-state index >= 15 is 0 Å². The zero-order chi connectivity index (χ0) is 14.5. The van der Waals surface area contributed by atoms with Gasteiger partial charge in [-0.25, -0.2) is 0 Å². The molecule has 0 saturated carbocycles. The molecule has 1 fully saturated rings. The first-order chi connectivity index (χ1) is 10.3. The quantitative estimate of drug-likeness (QED) is 0.886. The van der Waals surface area contributed by atoms with Gasteiger partial charge in [0, 0.05) is 51.7 Å². The monoisotopic (exact) mass is 289 g/mol. The summed E-state index contributed by atoms with van der Waals surface area (Å²) in [5, 5.41) is 3.41. The Morgan fingerprint density at radius 2 is 2.10 bits per heavy atom. The van der Waals surface area contributed by atoms with Gasteiger partial charge in [-0.05, 0) is 25.1 Å². The van der Waals surface area contributed by atoms with Crippen LogP contribution in [0.15, 0.2) is 24.3 Å². The Morgan fingerprint density at radius 3 is 2.95 bits per heavy atom. The molecule has 0 radical (unpaired) electrons. The van der Waals surface area contributed by atoms with E-state index in [1.807, 2.05) is 0 Å². The van der Waals surface area contributed by atoms with Crippen molar-refractivity contribution in [1.29, 1.82) is 0 Å². The van der Waals surface area contributed by atoms with E-state index in [4.69, 9.17) is 4.74 Å². The summed E-state index contributed by atoms with van der Waals surface area (Å²) in [6, 6.07) is 8.52. The van der Waals surface area contributed by atoms with Crippen LogP contribution in [0.1, 0.15) is 17.9 Å². The minimum Gasteiger partial charge on any atom is -0.493 e. The van der Waals surface area contributed by atoms with Crippen LogP contribution >= 0.6 is 0 Å². The van der Waals surface area contributed by atoms with Gasteiger partial charge in [0.05, 0.1) is 6.61 Å². The lowest BCUT2D eigenvalue weighted by molar-refractivity contribution is 0.189. The number of fused-ring (bicyclic) bond motifs is 1. The lowest BCUT2D eigenvalue weighted by Gasteiger charge is -2.32. The lowest BCUT2D eigenvalue weighted by atomic mass is 9.93. The summed E-state index contributed by atoms with van der Waals surface area (Å²) in [4.78, 5) is 5.04. The predicted molar refractivity (Wildman–Crippen MR) is 86.1 cm³/mol. The Hall–Kier alpha value is -1.10. The maximum Gasteiger partial charge on any atom is 0.122 e. The lowest BCUT2D eigenvalue weighted by Crippen LogP contribution is -2.46. The number of piperazine rings is 1. The summed E-state index contributed by atoms with van der Waals surface area (Å²) in [7, 11) is 2.25. The summed E-state index contributed by atoms with van der Waals surface area (Å²) < 4.78 is 5.76. The minimum atomic E-state index is 0.614. The van der Waals surface area contributed by atoms with Crippen molar-refractivity contribution in [2.45, 2.75) is 12.3 Å². The average molecular weight is 289 g/mol. The Labute approximate surface area is 128 Å². The molecule has 0 amide bonds.